The van der Waals surface area contributed by atoms with Gasteiger partial charge in [0.05, 0.1) is 0 Å². The standard InChI is InChI=1S/C14H12N2O3S/c1-3-9-6-13(17)19-12-7-10(4-5-11(9)12)18-14-15-8(2)16-20-14/h4-7H,3H2,1-2H3. The molecule has 6 heteroatoms. The van der Waals surface area contributed by atoms with Crippen LogP contribution in [-0.2, 0) is 6.42 Å². The first-order valence-electron chi connectivity index (χ1n) is 6.20. The second-order valence-electron chi connectivity index (χ2n) is 4.31. The third kappa shape index (κ3) is 2.42. The highest BCUT2D eigenvalue weighted by molar-refractivity contribution is 7.07. The van der Waals surface area contributed by atoms with Gasteiger partial charge in [0.15, 0.2) is 0 Å². The Morgan fingerprint density at radius 1 is 1.35 bits per heavy atom. The number of nitrogens with zero attached hydrogens (tertiary/aromatic N) is 2. The molecular weight excluding hydrogens is 276 g/mol. The van der Waals surface area contributed by atoms with Crippen molar-refractivity contribution in [2.24, 2.45) is 0 Å². The summed E-state index contributed by atoms with van der Waals surface area (Å²) < 4.78 is 14.9. The minimum absolute atomic E-state index is 0.349. The number of aryl methyl sites for hydroxylation is 2. The zero-order valence-electron chi connectivity index (χ0n) is 11.0. The van der Waals surface area contributed by atoms with Gasteiger partial charge in [-0.15, -0.1) is 0 Å². The van der Waals surface area contributed by atoms with Crippen molar-refractivity contribution in [2.45, 2.75) is 20.3 Å². The smallest absolute Gasteiger partial charge is 0.336 e. The second kappa shape index (κ2) is 5.05. The molecule has 0 N–H and O–H groups in total. The van der Waals surface area contributed by atoms with Gasteiger partial charge >= 0.3 is 5.63 Å². The van der Waals surface area contributed by atoms with Crippen molar-refractivity contribution >= 4 is 22.5 Å². The molecule has 0 aliphatic carbocycles. The zero-order valence-corrected chi connectivity index (χ0v) is 11.9. The lowest BCUT2D eigenvalue weighted by Gasteiger charge is -2.05. The molecule has 0 amide bonds. The highest BCUT2D eigenvalue weighted by Crippen LogP contribution is 2.27. The molecule has 0 atom stereocenters. The van der Waals surface area contributed by atoms with Gasteiger partial charge in [0.25, 0.3) is 5.19 Å². The van der Waals surface area contributed by atoms with Crippen LogP contribution in [0.2, 0.25) is 0 Å². The molecule has 0 aliphatic heterocycles. The second-order valence-corrected chi connectivity index (χ2v) is 5.03. The van der Waals surface area contributed by atoms with Gasteiger partial charge in [-0.05, 0) is 31.0 Å². The fourth-order valence-electron chi connectivity index (χ4n) is 1.99. The van der Waals surface area contributed by atoms with Gasteiger partial charge in [-0.2, -0.15) is 9.36 Å². The molecule has 3 aromatic rings. The van der Waals surface area contributed by atoms with E-state index in [2.05, 4.69) is 9.36 Å². The third-order valence-corrected chi connectivity index (χ3v) is 3.58. The molecule has 3 rings (SSSR count). The van der Waals surface area contributed by atoms with Gasteiger partial charge in [0, 0.05) is 29.1 Å². The third-order valence-electron chi connectivity index (χ3n) is 2.90. The topological polar surface area (TPSA) is 65.2 Å². The van der Waals surface area contributed by atoms with Crippen LogP contribution in [0.4, 0.5) is 0 Å². The Hall–Kier alpha value is -2.21. The molecule has 2 aromatic heterocycles. The van der Waals surface area contributed by atoms with Gasteiger partial charge < -0.3 is 9.15 Å². The normalized spacial score (nSPS) is 10.9. The Morgan fingerprint density at radius 2 is 2.20 bits per heavy atom. The Kier molecular flexibility index (Phi) is 3.23. The van der Waals surface area contributed by atoms with Crippen LogP contribution in [0.1, 0.15) is 18.3 Å². The van der Waals surface area contributed by atoms with Gasteiger partial charge in [-0.1, -0.05) is 6.92 Å². The molecule has 0 saturated heterocycles. The molecule has 5 nitrogen and oxygen atoms in total. The maximum atomic E-state index is 11.5. The average Bonchev–Trinajstić information content (AvgIpc) is 2.82. The van der Waals surface area contributed by atoms with Crippen LogP contribution in [0.5, 0.6) is 10.9 Å². The van der Waals surface area contributed by atoms with E-state index in [0.29, 0.717) is 22.4 Å². The largest absolute Gasteiger partial charge is 0.430 e. The van der Waals surface area contributed by atoms with Crippen molar-refractivity contribution in [1.82, 2.24) is 9.36 Å². The van der Waals surface area contributed by atoms with Gasteiger partial charge in [-0.3, -0.25) is 0 Å². The van der Waals surface area contributed by atoms with Crippen LogP contribution in [-0.4, -0.2) is 9.36 Å². The van der Waals surface area contributed by atoms with E-state index in [0.717, 1.165) is 17.4 Å². The van der Waals surface area contributed by atoms with E-state index in [1.165, 1.54) is 17.6 Å². The number of hydrogen-bond donors (Lipinski definition) is 0. The molecule has 0 fully saturated rings. The van der Waals surface area contributed by atoms with Crippen molar-refractivity contribution in [1.29, 1.82) is 0 Å². The number of ether oxygens (including phenoxy) is 1. The number of aromatic nitrogens is 2. The van der Waals surface area contributed by atoms with Gasteiger partial charge in [0.2, 0.25) is 0 Å². The fourth-order valence-corrected chi connectivity index (χ4v) is 2.54. The molecule has 0 aliphatic rings. The molecule has 0 radical (unpaired) electrons. The number of benzene rings is 1. The van der Waals surface area contributed by atoms with Crippen LogP contribution >= 0.6 is 11.5 Å². The summed E-state index contributed by atoms with van der Waals surface area (Å²) in [6.45, 7) is 3.80. The Morgan fingerprint density at radius 3 is 2.90 bits per heavy atom. The van der Waals surface area contributed by atoms with Crippen molar-refractivity contribution in [3.05, 3.63) is 46.1 Å². The summed E-state index contributed by atoms with van der Waals surface area (Å²) in [4.78, 5) is 15.6. The highest BCUT2D eigenvalue weighted by Gasteiger charge is 2.08. The summed E-state index contributed by atoms with van der Waals surface area (Å²) >= 11 is 1.18. The Balaban J connectivity index is 2.04. The van der Waals surface area contributed by atoms with Crippen molar-refractivity contribution in [2.75, 3.05) is 0 Å². The molecular formula is C14H12N2O3S. The van der Waals surface area contributed by atoms with E-state index in [-0.39, 0.29) is 5.63 Å². The van der Waals surface area contributed by atoms with Crippen molar-refractivity contribution < 1.29 is 9.15 Å². The summed E-state index contributed by atoms with van der Waals surface area (Å²) in [5.41, 5.74) is 1.14. The first kappa shape index (κ1) is 12.8. The summed E-state index contributed by atoms with van der Waals surface area (Å²) in [6.07, 6.45) is 0.776. The fraction of sp³-hybridized carbons (Fsp3) is 0.214. The summed E-state index contributed by atoms with van der Waals surface area (Å²) in [5.74, 6) is 1.25. The molecule has 0 unspecified atom stereocenters. The lowest BCUT2D eigenvalue weighted by atomic mass is 10.1. The van der Waals surface area contributed by atoms with E-state index in [1.807, 2.05) is 19.1 Å². The number of hydrogen-bond acceptors (Lipinski definition) is 6. The number of rotatable bonds is 3. The minimum atomic E-state index is -0.349. The van der Waals surface area contributed by atoms with E-state index in [9.17, 15) is 4.79 Å². The van der Waals surface area contributed by atoms with E-state index < -0.39 is 0 Å². The molecule has 1 aromatic carbocycles. The zero-order chi connectivity index (χ0) is 14.1. The molecule has 102 valence electrons. The van der Waals surface area contributed by atoms with E-state index >= 15 is 0 Å². The Bertz CT molecular complexity index is 823. The highest BCUT2D eigenvalue weighted by atomic mass is 32.1. The first-order chi connectivity index (χ1) is 9.65. The van der Waals surface area contributed by atoms with Crippen LogP contribution in [0.25, 0.3) is 11.0 Å². The summed E-state index contributed by atoms with van der Waals surface area (Å²) in [5, 5.41) is 1.39. The monoisotopic (exact) mass is 288 g/mol. The van der Waals surface area contributed by atoms with E-state index in [4.69, 9.17) is 9.15 Å². The van der Waals surface area contributed by atoms with Gasteiger partial charge in [-0.25, -0.2) is 4.79 Å². The molecule has 0 saturated carbocycles. The summed E-state index contributed by atoms with van der Waals surface area (Å²) in [6, 6.07) is 6.95. The SMILES string of the molecule is CCc1cc(=O)oc2cc(Oc3nc(C)ns3)ccc12. The number of fused-ring (bicyclic) bond motifs is 1. The van der Waals surface area contributed by atoms with E-state index in [1.54, 1.807) is 13.0 Å². The molecule has 2 heterocycles. The van der Waals surface area contributed by atoms with Gasteiger partial charge in [0.1, 0.15) is 17.2 Å². The quantitative estimate of drug-likeness (QED) is 0.692. The van der Waals surface area contributed by atoms with Crippen LogP contribution in [0.3, 0.4) is 0 Å². The van der Waals surface area contributed by atoms with Crippen LogP contribution < -0.4 is 10.4 Å². The maximum absolute atomic E-state index is 11.5. The molecule has 0 bridgehead atoms. The Labute approximate surface area is 119 Å². The predicted molar refractivity (Wildman–Crippen MR) is 76.6 cm³/mol. The lowest BCUT2D eigenvalue weighted by Crippen LogP contribution is -1.99. The van der Waals surface area contributed by atoms with Crippen molar-refractivity contribution in [3.63, 3.8) is 0 Å². The maximum Gasteiger partial charge on any atom is 0.336 e. The molecule has 20 heavy (non-hydrogen) atoms. The first-order valence-corrected chi connectivity index (χ1v) is 6.98. The summed E-state index contributed by atoms with van der Waals surface area (Å²) in [7, 11) is 0. The van der Waals surface area contributed by atoms with Crippen LogP contribution in [0, 0.1) is 6.92 Å². The predicted octanol–water partition coefficient (Wildman–Crippen LogP) is 3.31. The lowest BCUT2D eigenvalue weighted by molar-refractivity contribution is 0.475. The van der Waals surface area contributed by atoms with Crippen molar-refractivity contribution in [3.8, 4) is 10.9 Å². The molecule has 0 spiro atoms. The average molecular weight is 288 g/mol. The minimum Gasteiger partial charge on any atom is -0.430 e. The van der Waals surface area contributed by atoms with Crippen LogP contribution in [0.15, 0.2) is 33.5 Å².